The van der Waals surface area contributed by atoms with Gasteiger partial charge in [0.15, 0.2) is 0 Å². The van der Waals surface area contributed by atoms with Gasteiger partial charge in [-0.1, -0.05) is 18.2 Å². The molecule has 0 saturated heterocycles. The van der Waals surface area contributed by atoms with E-state index in [0.717, 1.165) is 25.8 Å². The molecule has 0 fully saturated rings. The smallest absolute Gasteiger partial charge is 0.207 e. The van der Waals surface area contributed by atoms with E-state index < -0.39 is 0 Å². The van der Waals surface area contributed by atoms with Gasteiger partial charge >= 0.3 is 0 Å². The van der Waals surface area contributed by atoms with E-state index in [1.807, 2.05) is 12.1 Å². The minimum Gasteiger partial charge on any atom is -0.383 e. The predicted molar refractivity (Wildman–Crippen MR) is 56.2 cm³/mol. The van der Waals surface area contributed by atoms with Crippen LogP contribution in [0.15, 0.2) is 24.3 Å². The van der Waals surface area contributed by atoms with Crippen LogP contribution >= 0.6 is 0 Å². The fraction of sp³-hybridized carbons (Fsp3) is 0.364. The highest BCUT2D eigenvalue weighted by atomic mass is 16.1. The summed E-state index contributed by atoms with van der Waals surface area (Å²) < 4.78 is 0. The fourth-order valence-corrected chi connectivity index (χ4v) is 1.81. The summed E-state index contributed by atoms with van der Waals surface area (Å²) in [4.78, 5) is 10.3. The Kier molecular flexibility index (Phi) is 2.68. The largest absolute Gasteiger partial charge is 0.383 e. The van der Waals surface area contributed by atoms with Crippen molar-refractivity contribution in [2.24, 2.45) is 0 Å². The van der Waals surface area contributed by atoms with E-state index in [0.29, 0.717) is 0 Å². The SMILES string of the molecule is O=CNC1CCc2ccccc2NC1. The van der Waals surface area contributed by atoms with Crippen LogP contribution in [0.4, 0.5) is 5.69 Å². The molecule has 3 nitrogen and oxygen atoms in total. The first-order valence-corrected chi connectivity index (χ1v) is 4.91. The molecule has 1 heterocycles. The number of hydrogen-bond donors (Lipinski definition) is 2. The molecule has 1 atom stereocenters. The van der Waals surface area contributed by atoms with Gasteiger partial charge in [-0.2, -0.15) is 0 Å². The maximum absolute atomic E-state index is 10.3. The lowest BCUT2D eigenvalue weighted by molar-refractivity contribution is -0.110. The van der Waals surface area contributed by atoms with Crippen LogP contribution in [-0.2, 0) is 11.2 Å². The van der Waals surface area contributed by atoms with Crippen LogP contribution in [0.2, 0.25) is 0 Å². The number of aryl methyl sites for hydroxylation is 1. The van der Waals surface area contributed by atoms with Gasteiger partial charge in [-0.3, -0.25) is 4.79 Å². The molecular formula is C11H14N2O. The van der Waals surface area contributed by atoms with Crippen molar-refractivity contribution < 1.29 is 4.79 Å². The molecule has 0 aromatic heterocycles. The van der Waals surface area contributed by atoms with Crippen molar-refractivity contribution in [3.05, 3.63) is 29.8 Å². The number of hydrogen-bond acceptors (Lipinski definition) is 2. The summed E-state index contributed by atoms with van der Waals surface area (Å²) >= 11 is 0. The van der Waals surface area contributed by atoms with Gasteiger partial charge in [-0.25, -0.2) is 0 Å². The van der Waals surface area contributed by atoms with Gasteiger partial charge < -0.3 is 10.6 Å². The normalized spacial score (nSPS) is 20.1. The minimum atomic E-state index is 0.250. The maximum Gasteiger partial charge on any atom is 0.207 e. The van der Waals surface area contributed by atoms with Crippen LogP contribution in [-0.4, -0.2) is 19.0 Å². The van der Waals surface area contributed by atoms with Crippen molar-refractivity contribution in [2.45, 2.75) is 18.9 Å². The molecule has 3 heteroatoms. The number of anilines is 1. The number of para-hydroxylation sites is 1. The molecule has 14 heavy (non-hydrogen) atoms. The number of nitrogens with one attached hydrogen (secondary N) is 2. The zero-order valence-corrected chi connectivity index (χ0v) is 7.99. The van der Waals surface area contributed by atoms with Crippen LogP contribution in [0.3, 0.4) is 0 Å². The summed E-state index contributed by atoms with van der Waals surface area (Å²) in [6, 6.07) is 8.54. The van der Waals surface area contributed by atoms with E-state index in [-0.39, 0.29) is 6.04 Å². The van der Waals surface area contributed by atoms with E-state index in [1.165, 1.54) is 11.3 Å². The first-order chi connectivity index (χ1) is 6.90. The van der Waals surface area contributed by atoms with E-state index in [2.05, 4.69) is 22.8 Å². The van der Waals surface area contributed by atoms with Crippen molar-refractivity contribution >= 4 is 12.1 Å². The summed E-state index contributed by atoms with van der Waals surface area (Å²) in [5.74, 6) is 0. The Balaban J connectivity index is 2.10. The van der Waals surface area contributed by atoms with Gasteiger partial charge in [-0.05, 0) is 24.5 Å². The minimum absolute atomic E-state index is 0.250. The highest BCUT2D eigenvalue weighted by Crippen LogP contribution is 2.20. The highest BCUT2D eigenvalue weighted by molar-refractivity contribution is 5.53. The molecule has 2 N–H and O–H groups in total. The van der Waals surface area contributed by atoms with Gasteiger partial charge in [0.25, 0.3) is 0 Å². The van der Waals surface area contributed by atoms with E-state index in [1.54, 1.807) is 0 Å². The Hall–Kier alpha value is -1.51. The molecule has 74 valence electrons. The van der Waals surface area contributed by atoms with Crippen molar-refractivity contribution in [1.82, 2.24) is 5.32 Å². The standard InChI is InChI=1S/C11H14N2O/c14-8-13-10-6-5-9-3-1-2-4-11(9)12-7-10/h1-4,8,10,12H,5-7H2,(H,13,14). The molecule has 0 bridgehead atoms. The number of rotatable bonds is 2. The highest BCUT2D eigenvalue weighted by Gasteiger charge is 2.13. The lowest BCUT2D eigenvalue weighted by atomic mass is 10.1. The topological polar surface area (TPSA) is 41.1 Å². The lowest BCUT2D eigenvalue weighted by Gasteiger charge is -2.12. The van der Waals surface area contributed by atoms with Crippen molar-refractivity contribution in [3.8, 4) is 0 Å². The second-order valence-corrected chi connectivity index (χ2v) is 3.56. The van der Waals surface area contributed by atoms with Gasteiger partial charge in [-0.15, -0.1) is 0 Å². The third-order valence-electron chi connectivity index (χ3n) is 2.62. The fourth-order valence-electron chi connectivity index (χ4n) is 1.81. The Labute approximate surface area is 83.5 Å². The molecule has 2 rings (SSSR count). The Morgan fingerprint density at radius 3 is 3.14 bits per heavy atom. The number of benzene rings is 1. The van der Waals surface area contributed by atoms with Gasteiger partial charge in [0.2, 0.25) is 6.41 Å². The van der Waals surface area contributed by atoms with Gasteiger partial charge in [0.1, 0.15) is 0 Å². The van der Waals surface area contributed by atoms with E-state index >= 15 is 0 Å². The molecule has 0 saturated carbocycles. The summed E-state index contributed by atoms with van der Waals surface area (Å²) in [5.41, 5.74) is 2.53. The molecule has 0 aliphatic carbocycles. The van der Waals surface area contributed by atoms with Gasteiger partial charge in [0, 0.05) is 18.3 Å². The number of fused-ring (bicyclic) bond motifs is 1. The van der Waals surface area contributed by atoms with Crippen LogP contribution in [0, 0.1) is 0 Å². The molecule has 0 spiro atoms. The lowest BCUT2D eigenvalue weighted by Crippen LogP contribution is -2.33. The van der Waals surface area contributed by atoms with Crippen LogP contribution in [0.5, 0.6) is 0 Å². The Morgan fingerprint density at radius 1 is 1.43 bits per heavy atom. The zero-order valence-electron chi connectivity index (χ0n) is 7.99. The average molecular weight is 190 g/mol. The van der Waals surface area contributed by atoms with Crippen molar-refractivity contribution in [2.75, 3.05) is 11.9 Å². The van der Waals surface area contributed by atoms with Crippen LogP contribution < -0.4 is 10.6 Å². The molecule has 1 unspecified atom stereocenters. The second-order valence-electron chi connectivity index (χ2n) is 3.56. The second kappa shape index (κ2) is 4.13. The number of amides is 1. The maximum atomic E-state index is 10.3. The zero-order chi connectivity index (χ0) is 9.80. The Morgan fingerprint density at radius 2 is 2.29 bits per heavy atom. The van der Waals surface area contributed by atoms with Gasteiger partial charge in [0.05, 0.1) is 0 Å². The summed E-state index contributed by atoms with van der Waals surface area (Å²) in [6.45, 7) is 0.815. The average Bonchev–Trinajstić information content (AvgIpc) is 2.42. The quantitative estimate of drug-likeness (QED) is 0.687. The summed E-state index contributed by atoms with van der Waals surface area (Å²) in [7, 11) is 0. The first kappa shape index (κ1) is 9.06. The molecule has 1 aliphatic rings. The molecular weight excluding hydrogens is 176 g/mol. The molecule has 1 amide bonds. The number of carbonyl (C=O) groups excluding carboxylic acids is 1. The number of carbonyl (C=O) groups is 1. The van der Waals surface area contributed by atoms with E-state index in [9.17, 15) is 4.79 Å². The molecule has 1 aromatic carbocycles. The van der Waals surface area contributed by atoms with Crippen molar-refractivity contribution in [3.63, 3.8) is 0 Å². The van der Waals surface area contributed by atoms with E-state index in [4.69, 9.17) is 0 Å². The summed E-state index contributed by atoms with van der Waals surface area (Å²) in [6.07, 6.45) is 2.81. The van der Waals surface area contributed by atoms with Crippen molar-refractivity contribution in [1.29, 1.82) is 0 Å². The molecule has 1 aliphatic heterocycles. The molecule has 0 radical (unpaired) electrons. The third-order valence-corrected chi connectivity index (χ3v) is 2.62. The molecule has 1 aromatic rings. The monoisotopic (exact) mass is 190 g/mol. The predicted octanol–water partition coefficient (Wildman–Crippen LogP) is 1.16. The van der Waals surface area contributed by atoms with Crippen LogP contribution in [0.1, 0.15) is 12.0 Å². The van der Waals surface area contributed by atoms with Crippen LogP contribution in [0.25, 0.3) is 0 Å². The first-order valence-electron chi connectivity index (χ1n) is 4.91. The summed E-state index contributed by atoms with van der Waals surface area (Å²) in [5, 5.41) is 6.15. The third kappa shape index (κ3) is 1.87. The Bertz CT molecular complexity index is 298.